The lowest BCUT2D eigenvalue weighted by Crippen LogP contribution is -2.30. The Morgan fingerprint density at radius 1 is 1.47 bits per heavy atom. The maximum atomic E-state index is 13.5. The van der Waals surface area contributed by atoms with E-state index < -0.39 is 5.91 Å². The minimum absolute atomic E-state index is 0.130. The summed E-state index contributed by atoms with van der Waals surface area (Å²) >= 11 is 0. The van der Waals surface area contributed by atoms with Crippen molar-refractivity contribution in [2.24, 2.45) is 5.73 Å². The zero-order valence-corrected chi connectivity index (χ0v) is 10.3. The molecule has 0 spiro atoms. The Kier molecular flexibility index (Phi) is 5.10. The van der Waals surface area contributed by atoms with Gasteiger partial charge in [-0.25, -0.2) is 4.39 Å². The van der Waals surface area contributed by atoms with Crippen LogP contribution in [0.2, 0.25) is 0 Å². The van der Waals surface area contributed by atoms with E-state index in [4.69, 9.17) is 5.73 Å². The molecule has 3 nitrogen and oxygen atoms in total. The van der Waals surface area contributed by atoms with Gasteiger partial charge in [-0.2, -0.15) is 0 Å². The Hall–Kier alpha value is -1.42. The molecule has 0 radical (unpaired) electrons. The van der Waals surface area contributed by atoms with Gasteiger partial charge >= 0.3 is 0 Å². The van der Waals surface area contributed by atoms with Gasteiger partial charge in [-0.1, -0.05) is 26.0 Å². The molecule has 0 aliphatic heterocycles. The van der Waals surface area contributed by atoms with Crippen molar-refractivity contribution in [1.82, 2.24) is 5.32 Å². The molecule has 17 heavy (non-hydrogen) atoms. The van der Waals surface area contributed by atoms with Gasteiger partial charge in [0.2, 0.25) is 5.91 Å². The van der Waals surface area contributed by atoms with E-state index >= 15 is 0 Å². The van der Waals surface area contributed by atoms with Gasteiger partial charge in [0.25, 0.3) is 0 Å². The van der Waals surface area contributed by atoms with E-state index in [9.17, 15) is 9.18 Å². The van der Waals surface area contributed by atoms with Crippen molar-refractivity contribution in [3.8, 4) is 0 Å². The Balaban J connectivity index is 2.57. The van der Waals surface area contributed by atoms with Gasteiger partial charge in [-0.05, 0) is 36.1 Å². The lowest BCUT2D eigenvalue weighted by atomic mass is 9.99. The third kappa shape index (κ3) is 4.53. The third-order valence-electron chi connectivity index (χ3n) is 2.61. The molecule has 0 saturated heterocycles. The molecular formula is C13H19FN2O. The minimum atomic E-state index is -0.401. The molecule has 0 heterocycles. The van der Waals surface area contributed by atoms with E-state index in [0.29, 0.717) is 24.4 Å². The number of benzene rings is 1. The van der Waals surface area contributed by atoms with Crippen molar-refractivity contribution in [2.45, 2.75) is 26.2 Å². The van der Waals surface area contributed by atoms with Crippen LogP contribution >= 0.6 is 0 Å². The first kappa shape index (κ1) is 13.6. The van der Waals surface area contributed by atoms with Crippen molar-refractivity contribution >= 4 is 5.91 Å². The van der Waals surface area contributed by atoms with Crippen LogP contribution in [-0.2, 0) is 11.2 Å². The van der Waals surface area contributed by atoms with Crippen LogP contribution in [0.4, 0.5) is 4.39 Å². The van der Waals surface area contributed by atoms with E-state index in [2.05, 4.69) is 19.2 Å². The van der Waals surface area contributed by atoms with Crippen molar-refractivity contribution in [1.29, 1.82) is 0 Å². The van der Waals surface area contributed by atoms with Crippen LogP contribution in [0.15, 0.2) is 18.2 Å². The van der Waals surface area contributed by atoms with E-state index in [1.165, 1.54) is 6.07 Å². The van der Waals surface area contributed by atoms with E-state index in [0.717, 1.165) is 5.56 Å². The standard InChI is InChI=1S/C13H19FN2O/c1-9(2)10-3-4-12(14)11(7-10)5-6-16-8-13(15)17/h3-4,7,9,16H,5-6,8H2,1-2H3,(H2,15,17). The number of hydrogen-bond acceptors (Lipinski definition) is 2. The first-order valence-corrected chi connectivity index (χ1v) is 5.78. The smallest absolute Gasteiger partial charge is 0.231 e. The average molecular weight is 238 g/mol. The Labute approximate surface area is 101 Å². The van der Waals surface area contributed by atoms with Gasteiger partial charge in [0.05, 0.1) is 6.54 Å². The van der Waals surface area contributed by atoms with Crippen LogP contribution in [0.3, 0.4) is 0 Å². The van der Waals surface area contributed by atoms with Gasteiger partial charge in [0, 0.05) is 0 Å². The van der Waals surface area contributed by atoms with E-state index in [1.807, 2.05) is 6.07 Å². The predicted molar refractivity (Wildman–Crippen MR) is 66.3 cm³/mol. The highest BCUT2D eigenvalue weighted by Gasteiger charge is 2.06. The molecule has 1 rings (SSSR count). The van der Waals surface area contributed by atoms with Crippen LogP contribution in [0.1, 0.15) is 30.9 Å². The second-order valence-corrected chi connectivity index (χ2v) is 4.40. The molecule has 4 heteroatoms. The first-order chi connectivity index (χ1) is 8.00. The molecule has 0 aromatic heterocycles. The topological polar surface area (TPSA) is 55.1 Å². The molecular weight excluding hydrogens is 219 g/mol. The quantitative estimate of drug-likeness (QED) is 0.739. The highest BCUT2D eigenvalue weighted by molar-refractivity contribution is 5.75. The fourth-order valence-corrected chi connectivity index (χ4v) is 1.58. The summed E-state index contributed by atoms with van der Waals surface area (Å²) in [6, 6.07) is 5.19. The van der Waals surface area contributed by atoms with Gasteiger partial charge in [-0.15, -0.1) is 0 Å². The summed E-state index contributed by atoms with van der Waals surface area (Å²) < 4.78 is 13.5. The number of carbonyl (C=O) groups excluding carboxylic acids is 1. The van der Waals surface area contributed by atoms with Gasteiger partial charge in [-0.3, -0.25) is 4.79 Å². The molecule has 0 fully saturated rings. The maximum Gasteiger partial charge on any atom is 0.231 e. The normalized spacial score (nSPS) is 10.8. The molecule has 1 amide bonds. The number of primary amides is 1. The molecule has 1 aromatic carbocycles. The van der Waals surface area contributed by atoms with Crippen molar-refractivity contribution < 1.29 is 9.18 Å². The highest BCUT2D eigenvalue weighted by atomic mass is 19.1. The summed E-state index contributed by atoms with van der Waals surface area (Å²) in [5.74, 6) is -0.218. The number of halogens is 1. The molecule has 0 atom stereocenters. The fraction of sp³-hybridized carbons (Fsp3) is 0.462. The second-order valence-electron chi connectivity index (χ2n) is 4.40. The first-order valence-electron chi connectivity index (χ1n) is 5.78. The van der Waals surface area contributed by atoms with Crippen molar-refractivity contribution in [2.75, 3.05) is 13.1 Å². The number of rotatable bonds is 6. The average Bonchev–Trinajstić information content (AvgIpc) is 2.25. The van der Waals surface area contributed by atoms with E-state index in [1.54, 1.807) is 6.07 Å². The van der Waals surface area contributed by atoms with Crippen LogP contribution < -0.4 is 11.1 Å². The number of nitrogens with one attached hydrogen (secondary N) is 1. The number of nitrogens with two attached hydrogens (primary N) is 1. The van der Waals surface area contributed by atoms with Crippen molar-refractivity contribution in [3.63, 3.8) is 0 Å². The van der Waals surface area contributed by atoms with Gasteiger partial charge in [0.1, 0.15) is 5.82 Å². The third-order valence-corrected chi connectivity index (χ3v) is 2.61. The summed E-state index contributed by atoms with van der Waals surface area (Å²) in [6.07, 6.45) is 0.555. The lowest BCUT2D eigenvalue weighted by molar-refractivity contribution is -0.117. The Morgan fingerprint density at radius 2 is 2.18 bits per heavy atom. The van der Waals surface area contributed by atoms with Crippen molar-refractivity contribution in [3.05, 3.63) is 35.1 Å². The van der Waals surface area contributed by atoms with Crippen LogP contribution in [-0.4, -0.2) is 19.0 Å². The molecule has 94 valence electrons. The monoisotopic (exact) mass is 238 g/mol. The lowest BCUT2D eigenvalue weighted by Gasteiger charge is -2.09. The van der Waals surface area contributed by atoms with E-state index in [-0.39, 0.29) is 12.4 Å². The van der Waals surface area contributed by atoms with Crippen LogP contribution in [0, 0.1) is 5.82 Å². The predicted octanol–water partition coefficient (Wildman–Crippen LogP) is 1.57. The van der Waals surface area contributed by atoms with Crippen LogP contribution in [0.25, 0.3) is 0 Å². The molecule has 3 N–H and O–H groups in total. The van der Waals surface area contributed by atoms with Crippen LogP contribution in [0.5, 0.6) is 0 Å². The molecule has 0 aliphatic rings. The maximum absolute atomic E-state index is 13.5. The SMILES string of the molecule is CC(C)c1ccc(F)c(CCNCC(N)=O)c1. The number of carbonyl (C=O) groups is 1. The Morgan fingerprint density at radius 3 is 2.76 bits per heavy atom. The number of amides is 1. The summed E-state index contributed by atoms with van der Waals surface area (Å²) in [5.41, 5.74) is 6.79. The Bertz CT molecular complexity index is 391. The summed E-state index contributed by atoms with van der Waals surface area (Å²) in [6.45, 7) is 4.82. The molecule has 0 aliphatic carbocycles. The summed E-state index contributed by atoms with van der Waals surface area (Å²) in [7, 11) is 0. The number of hydrogen-bond donors (Lipinski definition) is 2. The molecule has 0 bridgehead atoms. The highest BCUT2D eigenvalue weighted by Crippen LogP contribution is 2.18. The summed E-state index contributed by atoms with van der Waals surface area (Å²) in [5, 5.41) is 2.87. The van der Waals surface area contributed by atoms with Gasteiger partial charge < -0.3 is 11.1 Å². The molecule has 0 unspecified atom stereocenters. The summed E-state index contributed by atoms with van der Waals surface area (Å²) in [4.78, 5) is 10.5. The fourth-order valence-electron chi connectivity index (χ4n) is 1.58. The zero-order valence-electron chi connectivity index (χ0n) is 10.3. The molecule has 0 saturated carbocycles. The van der Waals surface area contributed by atoms with Gasteiger partial charge in [0.15, 0.2) is 0 Å². The molecule has 1 aromatic rings. The second kappa shape index (κ2) is 6.35. The largest absolute Gasteiger partial charge is 0.369 e. The minimum Gasteiger partial charge on any atom is -0.369 e. The zero-order chi connectivity index (χ0) is 12.8.